The van der Waals surface area contributed by atoms with Crippen LogP contribution >= 0.6 is 15.9 Å². The third-order valence-electron chi connectivity index (χ3n) is 4.11. The van der Waals surface area contributed by atoms with Crippen LogP contribution in [-0.4, -0.2) is 31.2 Å². The molecule has 1 aromatic rings. The van der Waals surface area contributed by atoms with Crippen molar-refractivity contribution in [3.8, 4) is 11.5 Å². The molecule has 0 aromatic heterocycles. The van der Waals surface area contributed by atoms with E-state index in [0.29, 0.717) is 37.3 Å². The van der Waals surface area contributed by atoms with Crippen molar-refractivity contribution in [3.63, 3.8) is 0 Å². The van der Waals surface area contributed by atoms with Crippen molar-refractivity contribution < 1.29 is 24.2 Å². The highest BCUT2D eigenvalue weighted by Gasteiger charge is 2.33. The average molecular weight is 386 g/mol. The summed E-state index contributed by atoms with van der Waals surface area (Å²) in [7, 11) is 3.11. The summed E-state index contributed by atoms with van der Waals surface area (Å²) in [4.78, 5) is 23.1. The number of aliphatic carboxylic acids is 1. The van der Waals surface area contributed by atoms with Crippen LogP contribution < -0.4 is 14.8 Å². The number of hydrogen-bond donors (Lipinski definition) is 2. The first kappa shape index (κ1) is 17.6. The second-order valence-corrected chi connectivity index (χ2v) is 6.43. The number of benzene rings is 1. The Morgan fingerprint density at radius 2 is 1.96 bits per heavy atom. The number of nitrogens with one attached hydrogen (secondary N) is 1. The minimum absolute atomic E-state index is 0.0975. The highest BCUT2D eigenvalue weighted by atomic mass is 79.9. The number of halogens is 1. The number of carbonyl (C=O) groups excluding carboxylic acids is 1. The van der Waals surface area contributed by atoms with Crippen LogP contribution in [0.15, 0.2) is 16.6 Å². The lowest BCUT2D eigenvalue weighted by molar-refractivity contribution is -0.141. The van der Waals surface area contributed by atoms with E-state index >= 15 is 0 Å². The zero-order valence-electron chi connectivity index (χ0n) is 13.1. The van der Waals surface area contributed by atoms with Gasteiger partial charge in [0.1, 0.15) is 0 Å². The van der Waals surface area contributed by atoms with Crippen molar-refractivity contribution in [2.75, 3.05) is 14.2 Å². The van der Waals surface area contributed by atoms with E-state index in [4.69, 9.17) is 14.6 Å². The number of carbonyl (C=O) groups is 2. The van der Waals surface area contributed by atoms with Crippen LogP contribution in [0.25, 0.3) is 0 Å². The summed E-state index contributed by atoms with van der Waals surface area (Å²) in [5.74, 6) is -0.356. The predicted octanol–water partition coefficient (Wildman–Crippen LogP) is 2.58. The van der Waals surface area contributed by atoms with Gasteiger partial charge in [0.2, 0.25) is 5.91 Å². The monoisotopic (exact) mass is 385 g/mol. The fourth-order valence-electron chi connectivity index (χ4n) is 2.85. The molecule has 2 N–H and O–H groups in total. The third kappa shape index (κ3) is 4.16. The second kappa shape index (κ2) is 7.68. The molecule has 1 saturated carbocycles. The van der Waals surface area contributed by atoms with Gasteiger partial charge in [0.25, 0.3) is 0 Å². The van der Waals surface area contributed by atoms with Crippen molar-refractivity contribution in [3.05, 3.63) is 22.2 Å². The lowest BCUT2D eigenvalue weighted by Gasteiger charge is -2.14. The largest absolute Gasteiger partial charge is 0.493 e. The van der Waals surface area contributed by atoms with E-state index in [1.54, 1.807) is 20.3 Å². The fraction of sp³-hybridized carbons (Fsp3) is 0.500. The van der Waals surface area contributed by atoms with E-state index in [0.717, 1.165) is 10.0 Å². The minimum atomic E-state index is -0.816. The fourth-order valence-corrected chi connectivity index (χ4v) is 3.50. The number of carboxylic acid groups (broad SMARTS) is 1. The lowest BCUT2D eigenvalue weighted by Crippen LogP contribution is -2.29. The Hall–Kier alpha value is -1.76. The molecule has 126 valence electrons. The van der Waals surface area contributed by atoms with Crippen molar-refractivity contribution in [2.45, 2.75) is 25.8 Å². The molecule has 0 bridgehead atoms. The second-order valence-electron chi connectivity index (χ2n) is 5.58. The van der Waals surface area contributed by atoms with Crippen LogP contribution in [0, 0.1) is 11.8 Å². The molecule has 1 aromatic carbocycles. The summed E-state index contributed by atoms with van der Waals surface area (Å²) in [5.41, 5.74) is 0.871. The van der Waals surface area contributed by atoms with E-state index in [-0.39, 0.29) is 11.8 Å². The summed E-state index contributed by atoms with van der Waals surface area (Å²) >= 11 is 3.41. The molecule has 0 aliphatic heterocycles. The number of methoxy groups -OCH3 is 2. The molecule has 23 heavy (non-hydrogen) atoms. The van der Waals surface area contributed by atoms with Gasteiger partial charge in [0.15, 0.2) is 11.5 Å². The number of ether oxygens (including phenoxy) is 2. The van der Waals surface area contributed by atoms with E-state index in [9.17, 15) is 9.59 Å². The number of rotatable bonds is 6. The van der Waals surface area contributed by atoms with Crippen LogP contribution in [0.2, 0.25) is 0 Å². The molecular formula is C16H20BrNO5. The van der Waals surface area contributed by atoms with Gasteiger partial charge in [-0.2, -0.15) is 0 Å². The predicted molar refractivity (Wildman–Crippen MR) is 87.6 cm³/mol. The molecule has 1 aliphatic rings. The summed E-state index contributed by atoms with van der Waals surface area (Å²) in [5, 5.41) is 11.9. The molecule has 0 saturated heterocycles. The van der Waals surface area contributed by atoms with Crippen LogP contribution in [0.3, 0.4) is 0 Å². The standard InChI is InChI=1S/C16H20BrNO5/c1-22-13-6-9(5-12(17)14(13)23-2)8-18-15(19)10-3-4-11(7-10)16(20)21/h5-6,10-11H,3-4,7-8H2,1-2H3,(H,18,19)(H,20,21)/t10-,11+/m1/s1. The molecule has 2 rings (SSSR count). The highest BCUT2D eigenvalue weighted by Crippen LogP contribution is 2.36. The molecule has 0 spiro atoms. The molecule has 7 heteroatoms. The van der Waals surface area contributed by atoms with Crippen molar-refractivity contribution in [1.29, 1.82) is 0 Å². The van der Waals surface area contributed by atoms with Gasteiger partial charge < -0.3 is 19.9 Å². The van der Waals surface area contributed by atoms with Gasteiger partial charge in [-0.1, -0.05) is 0 Å². The number of amides is 1. The molecule has 2 atom stereocenters. The van der Waals surface area contributed by atoms with Gasteiger partial charge in [-0.25, -0.2) is 0 Å². The van der Waals surface area contributed by atoms with Gasteiger partial charge >= 0.3 is 5.97 Å². The Morgan fingerprint density at radius 1 is 1.26 bits per heavy atom. The third-order valence-corrected chi connectivity index (χ3v) is 4.70. The molecule has 1 aliphatic carbocycles. The molecular weight excluding hydrogens is 366 g/mol. The maximum atomic E-state index is 12.2. The van der Waals surface area contributed by atoms with Gasteiger partial charge in [-0.05, 0) is 52.9 Å². The Bertz CT molecular complexity index is 604. The van der Waals surface area contributed by atoms with Gasteiger partial charge in [-0.3, -0.25) is 9.59 Å². The summed E-state index contributed by atoms with van der Waals surface area (Å²) in [6.45, 7) is 0.353. The molecule has 0 unspecified atom stereocenters. The average Bonchev–Trinajstić information content (AvgIpc) is 3.02. The first-order valence-corrected chi connectivity index (χ1v) is 8.16. The molecule has 6 nitrogen and oxygen atoms in total. The SMILES string of the molecule is COc1cc(CNC(=O)[C@@H]2CC[C@H](C(=O)O)C2)cc(Br)c1OC. The quantitative estimate of drug-likeness (QED) is 0.785. The van der Waals surface area contributed by atoms with Gasteiger partial charge in [0.05, 0.1) is 24.6 Å². The van der Waals surface area contributed by atoms with Gasteiger partial charge in [-0.15, -0.1) is 0 Å². The van der Waals surface area contributed by atoms with Crippen molar-refractivity contribution in [1.82, 2.24) is 5.32 Å². The van der Waals surface area contributed by atoms with Crippen molar-refractivity contribution >= 4 is 27.8 Å². The lowest BCUT2D eigenvalue weighted by atomic mass is 10.0. The first-order valence-electron chi connectivity index (χ1n) is 7.37. The Balaban J connectivity index is 1.97. The number of hydrogen-bond acceptors (Lipinski definition) is 4. The molecule has 1 amide bonds. The Kier molecular flexibility index (Phi) is 5.87. The zero-order valence-corrected chi connectivity index (χ0v) is 14.7. The molecule has 1 fully saturated rings. The van der Waals surface area contributed by atoms with Crippen LogP contribution in [0.4, 0.5) is 0 Å². The van der Waals surface area contributed by atoms with E-state index in [2.05, 4.69) is 21.2 Å². The Labute approximate surface area is 143 Å². The number of carboxylic acids is 1. The van der Waals surface area contributed by atoms with E-state index < -0.39 is 11.9 Å². The summed E-state index contributed by atoms with van der Waals surface area (Å²) < 4.78 is 11.3. The topological polar surface area (TPSA) is 84.9 Å². The maximum absolute atomic E-state index is 12.2. The maximum Gasteiger partial charge on any atom is 0.306 e. The van der Waals surface area contributed by atoms with Crippen LogP contribution in [0.5, 0.6) is 11.5 Å². The zero-order chi connectivity index (χ0) is 17.0. The highest BCUT2D eigenvalue weighted by molar-refractivity contribution is 9.10. The van der Waals surface area contributed by atoms with Crippen LogP contribution in [-0.2, 0) is 16.1 Å². The first-order chi connectivity index (χ1) is 11.0. The van der Waals surface area contributed by atoms with Gasteiger partial charge in [0, 0.05) is 12.5 Å². The van der Waals surface area contributed by atoms with E-state index in [1.165, 1.54) is 0 Å². The van der Waals surface area contributed by atoms with Crippen LogP contribution in [0.1, 0.15) is 24.8 Å². The normalized spacial score (nSPS) is 20.1. The minimum Gasteiger partial charge on any atom is -0.493 e. The smallest absolute Gasteiger partial charge is 0.306 e. The molecule has 0 heterocycles. The summed E-state index contributed by atoms with van der Waals surface area (Å²) in [6.07, 6.45) is 1.60. The molecule has 0 radical (unpaired) electrons. The van der Waals surface area contributed by atoms with E-state index in [1.807, 2.05) is 6.07 Å². The summed E-state index contributed by atoms with van der Waals surface area (Å²) in [6, 6.07) is 3.66. The van der Waals surface area contributed by atoms with Crippen molar-refractivity contribution in [2.24, 2.45) is 11.8 Å². The Morgan fingerprint density at radius 3 is 2.52 bits per heavy atom.